The fourth-order valence-electron chi connectivity index (χ4n) is 3.18. The lowest BCUT2D eigenvalue weighted by Gasteiger charge is -2.10. The Bertz CT molecular complexity index is 1200. The lowest BCUT2D eigenvalue weighted by atomic mass is 10.2. The summed E-state index contributed by atoms with van der Waals surface area (Å²) < 4.78 is 6.05. The van der Waals surface area contributed by atoms with Gasteiger partial charge in [-0.25, -0.2) is 4.98 Å². The minimum absolute atomic E-state index is 0.372. The summed E-state index contributed by atoms with van der Waals surface area (Å²) >= 11 is 0. The molecule has 0 radical (unpaired) electrons. The number of hydrogen-bond acceptors (Lipinski definition) is 6. The van der Waals surface area contributed by atoms with Crippen LogP contribution in [0.1, 0.15) is 30.0 Å². The third kappa shape index (κ3) is 3.73. The molecule has 2 N–H and O–H groups in total. The fraction of sp³-hybridized carbons (Fsp3) is 0.182. The van der Waals surface area contributed by atoms with Gasteiger partial charge < -0.3 is 10.1 Å². The molecule has 1 fully saturated rings. The van der Waals surface area contributed by atoms with E-state index >= 15 is 0 Å². The molecule has 0 atom stereocenters. The Labute approximate surface area is 167 Å². The van der Waals surface area contributed by atoms with Gasteiger partial charge in [-0.3, -0.25) is 5.10 Å². The Kier molecular flexibility index (Phi) is 4.30. The molecule has 2 aromatic heterocycles. The first kappa shape index (κ1) is 17.2. The molecule has 7 heteroatoms. The maximum atomic E-state index is 8.82. The normalized spacial score (nSPS) is 13.2. The van der Waals surface area contributed by atoms with Crippen LogP contribution in [-0.2, 0) is 6.42 Å². The molecule has 0 unspecified atom stereocenters. The molecule has 0 aliphatic heterocycles. The Morgan fingerprint density at radius 1 is 1.10 bits per heavy atom. The monoisotopic (exact) mass is 382 g/mol. The molecule has 29 heavy (non-hydrogen) atoms. The molecule has 4 aromatic rings. The number of fused-ring (bicyclic) bond motifs is 1. The largest absolute Gasteiger partial charge is 0.438 e. The van der Waals surface area contributed by atoms with Crippen molar-refractivity contribution in [3.05, 3.63) is 65.9 Å². The molecule has 1 aliphatic rings. The van der Waals surface area contributed by atoms with Gasteiger partial charge in [-0.15, -0.1) is 0 Å². The Hall–Kier alpha value is -3.92. The topological polar surface area (TPSA) is 99.5 Å². The maximum Gasteiger partial charge on any atom is 0.232 e. The number of nitrogens with one attached hydrogen (secondary N) is 2. The highest BCUT2D eigenvalue weighted by molar-refractivity contribution is 5.85. The molecule has 0 saturated heterocycles. The Balaban J connectivity index is 1.45. The molecule has 5 rings (SSSR count). The predicted molar refractivity (Wildman–Crippen MR) is 109 cm³/mol. The molecule has 2 aromatic carbocycles. The van der Waals surface area contributed by atoms with E-state index in [0.717, 1.165) is 22.2 Å². The number of hydrogen-bond donors (Lipinski definition) is 2. The molecule has 7 nitrogen and oxygen atoms in total. The molecular formula is C22H18N6O. The first-order chi connectivity index (χ1) is 14.3. The Morgan fingerprint density at radius 2 is 1.93 bits per heavy atom. The van der Waals surface area contributed by atoms with Gasteiger partial charge in [0.25, 0.3) is 0 Å². The molecule has 1 saturated carbocycles. The summed E-state index contributed by atoms with van der Waals surface area (Å²) in [5.41, 5.74) is 2.86. The van der Waals surface area contributed by atoms with Gasteiger partial charge in [0.05, 0.1) is 23.4 Å². The van der Waals surface area contributed by atoms with Crippen molar-refractivity contribution in [3.63, 3.8) is 0 Å². The zero-order chi connectivity index (χ0) is 19.6. The van der Waals surface area contributed by atoms with Gasteiger partial charge in [-0.1, -0.05) is 24.3 Å². The number of H-pyrrole nitrogens is 1. The summed E-state index contributed by atoms with van der Waals surface area (Å²) in [7, 11) is 0. The number of nitriles is 1. The second kappa shape index (κ2) is 7.24. The number of aromatic amines is 1. The van der Waals surface area contributed by atoms with Crippen molar-refractivity contribution < 1.29 is 4.74 Å². The lowest BCUT2D eigenvalue weighted by molar-refractivity contribution is 0.469. The van der Waals surface area contributed by atoms with Crippen molar-refractivity contribution in [1.29, 1.82) is 5.26 Å². The van der Waals surface area contributed by atoms with E-state index in [1.807, 2.05) is 54.6 Å². The molecular weight excluding hydrogens is 364 g/mol. The van der Waals surface area contributed by atoms with Crippen LogP contribution in [0.5, 0.6) is 11.6 Å². The van der Waals surface area contributed by atoms with Crippen molar-refractivity contribution in [2.75, 3.05) is 5.32 Å². The van der Waals surface area contributed by atoms with Crippen LogP contribution >= 0.6 is 0 Å². The summed E-state index contributed by atoms with van der Waals surface area (Å²) in [5.74, 6) is 2.82. The molecule has 0 spiro atoms. The van der Waals surface area contributed by atoms with Gasteiger partial charge in [0.15, 0.2) is 5.82 Å². The smallest absolute Gasteiger partial charge is 0.232 e. The zero-order valence-electron chi connectivity index (χ0n) is 15.6. The van der Waals surface area contributed by atoms with Crippen LogP contribution in [0.25, 0.3) is 10.9 Å². The van der Waals surface area contributed by atoms with Gasteiger partial charge in [0.2, 0.25) is 11.8 Å². The molecule has 0 bridgehead atoms. The van der Waals surface area contributed by atoms with Crippen molar-refractivity contribution in [2.45, 2.75) is 25.2 Å². The highest BCUT2D eigenvalue weighted by Crippen LogP contribution is 2.39. The number of ether oxygens (including phenoxy) is 1. The number of aromatic nitrogens is 4. The van der Waals surface area contributed by atoms with Crippen LogP contribution in [-0.4, -0.2) is 20.2 Å². The zero-order valence-corrected chi connectivity index (χ0v) is 15.6. The first-order valence-corrected chi connectivity index (χ1v) is 9.51. The van der Waals surface area contributed by atoms with Crippen molar-refractivity contribution >= 4 is 22.7 Å². The van der Waals surface area contributed by atoms with E-state index in [4.69, 9.17) is 10.00 Å². The number of nitrogens with zero attached hydrogens (tertiary/aromatic N) is 4. The predicted octanol–water partition coefficient (Wildman–Crippen LogP) is 4.83. The van der Waals surface area contributed by atoms with E-state index in [9.17, 15) is 0 Å². The summed E-state index contributed by atoms with van der Waals surface area (Å²) in [4.78, 5) is 9.16. The van der Waals surface area contributed by atoms with Crippen molar-refractivity contribution in [3.8, 4) is 17.7 Å². The SMILES string of the molecule is N#CCc1ccc(Oc2nc(Nc3cc(C4CC4)[nH]n3)nc3ccccc23)cc1. The third-order valence-electron chi connectivity index (χ3n) is 4.84. The van der Waals surface area contributed by atoms with E-state index in [-0.39, 0.29) is 0 Å². The third-order valence-corrected chi connectivity index (χ3v) is 4.84. The standard InChI is InChI=1S/C22H18N6O/c23-12-11-14-5-9-16(10-6-14)29-21-17-3-1-2-4-18(17)24-22(26-21)25-20-13-19(27-28-20)15-7-8-15/h1-6,9-10,13,15H,7-8,11H2,(H2,24,25,26,27,28). The Morgan fingerprint density at radius 3 is 2.72 bits per heavy atom. The van der Waals surface area contributed by atoms with E-state index in [1.54, 1.807) is 0 Å². The van der Waals surface area contributed by atoms with Gasteiger partial charge in [-0.2, -0.15) is 15.3 Å². The van der Waals surface area contributed by atoms with Gasteiger partial charge in [0, 0.05) is 17.7 Å². The summed E-state index contributed by atoms with van der Waals surface area (Å²) in [6, 6.07) is 19.3. The van der Waals surface area contributed by atoms with Gasteiger partial charge >= 0.3 is 0 Å². The summed E-state index contributed by atoms with van der Waals surface area (Å²) in [6.45, 7) is 0. The number of para-hydroxylation sites is 1. The van der Waals surface area contributed by atoms with E-state index < -0.39 is 0 Å². The minimum Gasteiger partial charge on any atom is -0.438 e. The average Bonchev–Trinajstić information content (AvgIpc) is 3.49. The number of rotatable bonds is 6. The van der Waals surface area contributed by atoms with Gasteiger partial charge in [0.1, 0.15) is 5.75 Å². The molecule has 142 valence electrons. The number of benzene rings is 2. The van der Waals surface area contributed by atoms with Crippen LogP contribution in [0.2, 0.25) is 0 Å². The van der Waals surface area contributed by atoms with E-state index in [0.29, 0.717) is 35.7 Å². The second-order valence-electron chi connectivity index (χ2n) is 7.06. The lowest BCUT2D eigenvalue weighted by Crippen LogP contribution is -2.00. The van der Waals surface area contributed by atoms with E-state index in [1.165, 1.54) is 12.8 Å². The minimum atomic E-state index is 0.372. The van der Waals surface area contributed by atoms with Gasteiger partial charge in [-0.05, 0) is 42.7 Å². The van der Waals surface area contributed by atoms with Crippen LogP contribution in [0.15, 0.2) is 54.6 Å². The molecule has 2 heterocycles. The van der Waals surface area contributed by atoms with Crippen molar-refractivity contribution in [2.24, 2.45) is 0 Å². The van der Waals surface area contributed by atoms with Crippen LogP contribution in [0.3, 0.4) is 0 Å². The maximum absolute atomic E-state index is 8.82. The van der Waals surface area contributed by atoms with E-state index in [2.05, 4.69) is 31.6 Å². The summed E-state index contributed by atoms with van der Waals surface area (Å²) in [5, 5.41) is 20.2. The first-order valence-electron chi connectivity index (χ1n) is 9.51. The highest BCUT2D eigenvalue weighted by Gasteiger charge is 2.25. The summed E-state index contributed by atoms with van der Waals surface area (Å²) in [6.07, 6.45) is 2.79. The van der Waals surface area contributed by atoms with Crippen LogP contribution in [0, 0.1) is 11.3 Å². The average molecular weight is 382 g/mol. The molecule has 1 aliphatic carbocycles. The second-order valence-corrected chi connectivity index (χ2v) is 7.06. The van der Waals surface area contributed by atoms with Crippen LogP contribution < -0.4 is 10.1 Å². The molecule has 0 amide bonds. The van der Waals surface area contributed by atoms with Crippen molar-refractivity contribution in [1.82, 2.24) is 20.2 Å². The van der Waals surface area contributed by atoms with Crippen LogP contribution in [0.4, 0.5) is 11.8 Å². The number of anilines is 2. The fourth-order valence-corrected chi connectivity index (χ4v) is 3.18. The highest BCUT2D eigenvalue weighted by atomic mass is 16.5. The quantitative estimate of drug-likeness (QED) is 0.495.